The van der Waals surface area contributed by atoms with Crippen molar-refractivity contribution in [1.29, 1.82) is 0 Å². The first-order chi connectivity index (χ1) is 13.0. The molecule has 0 bridgehead atoms. The third kappa shape index (κ3) is 4.39. The molecule has 9 heteroatoms. The minimum Gasteiger partial charge on any atom is -0.464 e. The van der Waals surface area contributed by atoms with Crippen LogP contribution in [0.3, 0.4) is 0 Å². The minimum absolute atomic E-state index is 0.251. The molecule has 1 N–H and O–H groups in total. The Morgan fingerprint density at radius 1 is 1.30 bits per heavy atom. The smallest absolute Gasteiger partial charge is 0.410 e. The number of fused-ring (bicyclic) bond motifs is 1. The number of hydrogen-bond donors (Lipinski definition) is 1. The maximum Gasteiger partial charge on any atom is 0.410 e. The zero-order valence-electron chi connectivity index (χ0n) is 16.3. The number of tetrazole rings is 1. The summed E-state index contributed by atoms with van der Waals surface area (Å²) in [7, 11) is 1.35. The average molecular weight is 379 g/mol. The number of rotatable bonds is 5. The third-order valence-electron chi connectivity index (χ3n) is 6.04. The molecule has 150 valence electrons. The standard InChI is InChI=1S/C18H29N5O4/c1-4-27-17(24)15-9-14-8-12(7-11(2)16-19-21-22-20-16)5-6-13(14)10-23(15)18(25)26-3/h11-15H,4-10H2,1-3H3,(H,19,20,21,22)/t11?,12-,13+,14-,15+/m1/s1. The molecule has 1 saturated heterocycles. The topological polar surface area (TPSA) is 110 Å². The summed E-state index contributed by atoms with van der Waals surface area (Å²) >= 11 is 0. The van der Waals surface area contributed by atoms with Crippen molar-refractivity contribution in [3.8, 4) is 0 Å². The molecule has 1 amide bonds. The lowest BCUT2D eigenvalue weighted by Gasteiger charge is -2.46. The number of amides is 1. The number of H-pyrrole nitrogens is 1. The second-order valence-corrected chi connectivity index (χ2v) is 7.73. The van der Waals surface area contributed by atoms with Gasteiger partial charge in [0.05, 0.1) is 13.7 Å². The van der Waals surface area contributed by atoms with Crippen LogP contribution in [0.15, 0.2) is 0 Å². The number of esters is 1. The second kappa shape index (κ2) is 8.67. The zero-order chi connectivity index (χ0) is 19.4. The molecular weight excluding hydrogens is 350 g/mol. The van der Waals surface area contributed by atoms with Crippen LogP contribution in [0.2, 0.25) is 0 Å². The number of ether oxygens (including phenoxy) is 2. The molecule has 1 saturated carbocycles. The van der Waals surface area contributed by atoms with Gasteiger partial charge in [-0.1, -0.05) is 18.6 Å². The number of hydrogen-bond acceptors (Lipinski definition) is 7. The average Bonchev–Trinajstić information content (AvgIpc) is 3.21. The number of aromatic nitrogens is 4. The molecule has 1 aliphatic heterocycles. The molecule has 2 heterocycles. The van der Waals surface area contributed by atoms with Gasteiger partial charge in [-0.2, -0.15) is 5.21 Å². The number of carbonyl (C=O) groups excluding carboxylic acids is 2. The number of methoxy groups -OCH3 is 1. The molecule has 9 nitrogen and oxygen atoms in total. The van der Waals surface area contributed by atoms with Crippen molar-refractivity contribution < 1.29 is 19.1 Å². The normalized spacial score (nSPS) is 28.9. The predicted octanol–water partition coefficient (Wildman–Crippen LogP) is 2.13. The lowest BCUT2D eigenvalue weighted by atomic mass is 9.67. The van der Waals surface area contributed by atoms with Gasteiger partial charge in [-0.05, 0) is 50.4 Å². The fraction of sp³-hybridized carbons (Fsp3) is 0.833. The maximum absolute atomic E-state index is 12.4. The monoisotopic (exact) mass is 379 g/mol. The number of piperidine rings is 1. The number of likely N-dealkylation sites (tertiary alicyclic amines) is 1. The molecule has 2 fully saturated rings. The summed E-state index contributed by atoms with van der Waals surface area (Å²) in [4.78, 5) is 26.2. The lowest BCUT2D eigenvalue weighted by Crippen LogP contribution is -2.55. The number of aromatic amines is 1. The fourth-order valence-electron chi connectivity index (χ4n) is 4.73. The Kier molecular flexibility index (Phi) is 6.28. The lowest BCUT2D eigenvalue weighted by molar-refractivity contribution is -0.152. The van der Waals surface area contributed by atoms with Crippen molar-refractivity contribution in [3.63, 3.8) is 0 Å². The number of carbonyl (C=O) groups is 2. The second-order valence-electron chi connectivity index (χ2n) is 7.73. The summed E-state index contributed by atoms with van der Waals surface area (Å²) in [6, 6.07) is -0.549. The van der Waals surface area contributed by atoms with Crippen LogP contribution in [0.1, 0.15) is 57.7 Å². The van der Waals surface area contributed by atoms with Crippen molar-refractivity contribution in [2.75, 3.05) is 20.3 Å². The molecule has 1 aliphatic carbocycles. The van der Waals surface area contributed by atoms with Crippen molar-refractivity contribution in [2.24, 2.45) is 17.8 Å². The highest BCUT2D eigenvalue weighted by Crippen LogP contribution is 2.43. The first-order valence-corrected chi connectivity index (χ1v) is 9.78. The van der Waals surface area contributed by atoms with Gasteiger partial charge in [0, 0.05) is 12.5 Å². The van der Waals surface area contributed by atoms with Gasteiger partial charge in [-0.25, -0.2) is 9.59 Å². The molecular formula is C18H29N5O4. The van der Waals surface area contributed by atoms with Gasteiger partial charge in [-0.15, -0.1) is 10.2 Å². The van der Waals surface area contributed by atoms with Gasteiger partial charge in [0.1, 0.15) is 6.04 Å². The molecule has 1 aromatic rings. The van der Waals surface area contributed by atoms with Gasteiger partial charge in [0.2, 0.25) is 0 Å². The first-order valence-electron chi connectivity index (χ1n) is 9.78. The van der Waals surface area contributed by atoms with Crippen LogP contribution in [-0.4, -0.2) is 63.9 Å². The van der Waals surface area contributed by atoms with E-state index in [-0.39, 0.29) is 11.9 Å². The summed E-state index contributed by atoms with van der Waals surface area (Å²) in [6.45, 7) is 4.78. The molecule has 2 aliphatic rings. The van der Waals surface area contributed by atoms with Crippen molar-refractivity contribution in [1.82, 2.24) is 25.5 Å². The molecule has 0 radical (unpaired) electrons. The van der Waals surface area contributed by atoms with E-state index in [2.05, 4.69) is 27.5 Å². The molecule has 3 rings (SSSR count). The van der Waals surface area contributed by atoms with Gasteiger partial charge >= 0.3 is 12.1 Å². The SMILES string of the molecule is CCOC(=O)[C@@H]1C[C@H]2C[C@@H](CC(C)c3nn[nH]n3)CC[C@H]2CN1C(=O)OC. The summed E-state index contributed by atoms with van der Waals surface area (Å²) in [6.07, 6.45) is 4.43. The molecule has 5 atom stereocenters. The van der Waals surface area contributed by atoms with Gasteiger partial charge in [0.25, 0.3) is 0 Å². The third-order valence-corrected chi connectivity index (χ3v) is 6.04. The van der Waals surface area contributed by atoms with Gasteiger partial charge in [0.15, 0.2) is 5.82 Å². The number of nitrogens with one attached hydrogen (secondary N) is 1. The van der Waals surface area contributed by atoms with E-state index in [0.717, 1.165) is 31.5 Å². The van der Waals surface area contributed by atoms with E-state index < -0.39 is 12.1 Å². The van der Waals surface area contributed by atoms with E-state index in [0.29, 0.717) is 37.3 Å². The Labute approximate surface area is 159 Å². The van der Waals surface area contributed by atoms with Gasteiger partial charge < -0.3 is 9.47 Å². The van der Waals surface area contributed by atoms with E-state index in [1.165, 1.54) is 7.11 Å². The number of nitrogens with zero attached hydrogens (tertiary/aromatic N) is 4. The molecule has 1 aromatic heterocycles. The summed E-state index contributed by atoms with van der Waals surface area (Å²) < 4.78 is 10.1. The van der Waals surface area contributed by atoms with Crippen molar-refractivity contribution in [3.05, 3.63) is 5.82 Å². The van der Waals surface area contributed by atoms with E-state index in [1.54, 1.807) is 11.8 Å². The quantitative estimate of drug-likeness (QED) is 0.780. The molecule has 1 unspecified atom stereocenters. The Hall–Kier alpha value is -2.19. The van der Waals surface area contributed by atoms with E-state index in [9.17, 15) is 9.59 Å². The highest BCUT2D eigenvalue weighted by Gasteiger charge is 2.44. The minimum atomic E-state index is -0.549. The van der Waals surface area contributed by atoms with Crippen LogP contribution in [0, 0.1) is 17.8 Å². The van der Waals surface area contributed by atoms with Crippen molar-refractivity contribution in [2.45, 2.75) is 57.9 Å². The van der Waals surface area contributed by atoms with Crippen LogP contribution >= 0.6 is 0 Å². The zero-order valence-corrected chi connectivity index (χ0v) is 16.3. The summed E-state index contributed by atoms with van der Waals surface area (Å²) in [5.74, 6) is 2.06. The van der Waals surface area contributed by atoms with Crippen LogP contribution in [0.5, 0.6) is 0 Å². The Balaban J connectivity index is 1.65. The van der Waals surface area contributed by atoms with E-state index in [1.807, 2.05) is 0 Å². The summed E-state index contributed by atoms with van der Waals surface area (Å²) in [5.41, 5.74) is 0. The van der Waals surface area contributed by atoms with Crippen LogP contribution in [0.25, 0.3) is 0 Å². The Morgan fingerprint density at radius 3 is 2.78 bits per heavy atom. The predicted molar refractivity (Wildman–Crippen MR) is 95.7 cm³/mol. The summed E-state index contributed by atoms with van der Waals surface area (Å²) in [5, 5.41) is 14.3. The Bertz CT molecular complexity index is 638. The van der Waals surface area contributed by atoms with Crippen LogP contribution < -0.4 is 0 Å². The van der Waals surface area contributed by atoms with Crippen LogP contribution in [-0.2, 0) is 14.3 Å². The molecule has 0 spiro atoms. The highest BCUT2D eigenvalue weighted by atomic mass is 16.6. The largest absolute Gasteiger partial charge is 0.464 e. The maximum atomic E-state index is 12.4. The molecule has 27 heavy (non-hydrogen) atoms. The van der Waals surface area contributed by atoms with E-state index >= 15 is 0 Å². The first kappa shape index (κ1) is 19.6. The fourth-order valence-corrected chi connectivity index (χ4v) is 4.73. The van der Waals surface area contributed by atoms with E-state index in [4.69, 9.17) is 9.47 Å². The Morgan fingerprint density at radius 2 is 2.11 bits per heavy atom. The highest BCUT2D eigenvalue weighted by molar-refractivity contribution is 5.81. The van der Waals surface area contributed by atoms with Gasteiger partial charge in [-0.3, -0.25) is 4.90 Å². The van der Waals surface area contributed by atoms with Crippen molar-refractivity contribution >= 4 is 12.1 Å². The molecule has 0 aromatic carbocycles. The van der Waals surface area contributed by atoms with Crippen LogP contribution in [0.4, 0.5) is 4.79 Å².